The molecule has 0 aromatic carbocycles. The maximum absolute atomic E-state index is 11.9. The number of thiocarbonyl (C=S) groups is 1. The molecule has 0 rings (SSSR count). The first-order valence-corrected chi connectivity index (χ1v) is 6.80. The quantitative estimate of drug-likeness (QED) is 0.724. The van der Waals surface area contributed by atoms with Crippen LogP contribution in [-0.4, -0.2) is 40.9 Å². The molecule has 0 aliphatic rings. The number of hydrogen-bond acceptors (Lipinski definition) is 3. The molecule has 1 amide bonds. The lowest BCUT2D eigenvalue weighted by Crippen LogP contribution is -2.44. The number of carbonyl (C=O) groups excluding carboxylic acids is 1. The van der Waals surface area contributed by atoms with Crippen LogP contribution in [0.1, 0.15) is 20.3 Å². The standard InChI is InChI=1S/C10H20N2OS2/c1-5-8(6-15-4)12(3)10(13)7(2)9(11)14/h7-8H,5-6H2,1-4H3,(H2,11,14). The molecule has 0 aliphatic heterocycles. The van der Waals surface area contributed by atoms with Crippen molar-refractivity contribution in [3.05, 3.63) is 0 Å². The summed E-state index contributed by atoms with van der Waals surface area (Å²) in [5.41, 5.74) is 5.47. The van der Waals surface area contributed by atoms with Gasteiger partial charge >= 0.3 is 0 Å². The number of carbonyl (C=O) groups is 1. The first kappa shape index (κ1) is 14.7. The Kier molecular flexibility index (Phi) is 6.92. The third-order valence-corrected chi connectivity index (χ3v) is 3.59. The Morgan fingerprint density at radius 2 is 2.13 bits per heavy atom. The highest BCUT2D eigenvalue weighted by molar-refractivity contribution is 7.98. The second kappa shape index (κ2) is 7.06. The maximum Gasteiger partial charge on any atom is 0.232 e. The highest BCUT2D eigenvalue weighted by Gasteiger charge is 2.24. The molecule has 0 heterocycles. The number of rotatable bonds is 6. The first-order chi connectivity index (χ1) is 6.95. The molecule has 0 aliphatic carbocycles. The SMILES string of the molecule is CCC(CSC)N(C)C(=O)C(C)C(N)=S. The van der Waals surface area contributed by atoms with E-state index >= 15 is 0 Å². The zero-order chi connectivity index (χ0) is 12.0. The van der Waals surface area contributed by atoms with E-state index in [0.29, 0.717) is 0 Å². The summed E-state index contributed by atoms with van der Waals surface area (Å²) in [5, 5.41) is 0. The van der Waals surface area contributed by atoms with Gasteiger partial charge in [-0.1, -0.05) is 19.1 Å². The average molecular weight is 248 g/mol. The number of nitrogens with zero attached hydrogens (tertiary/aromatic N) is 1. The third-order valence-electron chi connectivity index (χ3n) is 2.52. The largest absolute Gasteiger partial charge is 0.393 e. The lowest BCUT2D eigenvalue weighted by Gasteiger charge is -2.28. The van der Waals surface area contributed by atoms with Gasteiger partial charge in [-0.3, -0.25) is 4.79 Å². The average Bonchev–Trinajstić information content (AvgIpc) is 2.22. The van der Waals surface area contributed by atoms with E-state index in [1.165, 1.54) is 0 Å². The van der Waals surface area contributed by atoms with Gasteiger partial charge in [0, 0.05) is 18.8 Å². The molecule has 0 bridgehead atoms. The van der Waals surface area contributed by atoms with Crippen LogP contribution >= 0.6 is 24.0 Å². The molecule has 0 saturated carbocycles. The van der Waals surface area contributed by atoms with Crippen molar-refractivity contribution in [2.45, 2.75) is 26.3 Å². The van der Waals surface area contributed by atoms with Gasteiger partial charge in [0.15, 0.2) is 0 Å². The Bertz CT molecular complexity index is 233. The Morgan fingerprint density at radius 3 is 2.47 bits per heavy atom. The van der Waals surface area contributed by atoms with Crippen molar-refractivity contribution in [1.29, 1.82) is 0 Å². The molecule has 3 nitrogen and oxygen atoms in total. The molecule has 0 aromatic heterocycles. The zero-order valence-electron chi connectivity index (χ0n) is 9.82. The highest BCUT2D eigenvalue weighted by atomic mass is 32.2. The number of thioether (sulfide) groups is 1. The van der Waals surface area contributed by atoms with E-state index in [4.69, 9.17) is 18.0 Å². The van der Waals surface area contributed by atoms with Crippen LogP contribution in [0.2, 0.25) is 0 Å². The van der Waals surface area contributed by atoms with Crippen LogP contribution in [0.25, 0.3) is 0 Å². The maximum atomic E-state index is 11.9. The van der Waals surface area contributed by atoms with Gasteiger partial charge < -0.3 is 10.6 Å². The third kappa shape index (κ3) is 4.38. The summed E-state index contributed by atoms with van der Waals surface area (Å²) < 4.78 is 0. The van der Waals surface area contributed by atoms with Gasteiger partial charge in [-0.15, -0.1) is 0 Å². The molecule has 0 radical (unpaired) electrons. The van der Waals surface area contributed by atoms with Crippen molar-refractivity contribution < 1.29 is 4.79 Å². The van der Waals surface area contributed by atoms with Crippen molar-refractivity contribution >= 4 is 34.9 Å². The Labute approximate surface area is 102 Å². The number of amides is 1. The van der Waals surface area contributed by atoms with Crippen LogP contribution in [0.3, 0.4) is 0 Å². The second-order valence-electron chi connectivity index (χ2n) is 3.59. The van der Waals surface area contributed by atoms with Crippen LogP contribution in [0, 0.1) is 5.92 Å². The summed E-state index contributed by atoms with van der Waals surface area (Å²) in [4.78, 5) is 13.9. The van der Waals surface area contributed by atoms with Crippen LogP contribution < -0.4 is 5.73 Å². The van der Waals surface area contributed by atoms with E-state index in [1.54, 1.807) is 23.6 Å². The smallest absolute Gasteiger partial charge is 0.232 e. The van der Waals surface area contributed by atoms with Crippen molar-refractivity contribution in [1.82, 2.24) is 4.90 Å². The molecule has 2 atom stereocenters. The minimum Gasteiger partial charge on any atom is -0.393 e. The van der Waals surface area contributed by atoms with E-state index in [-0.39, 0.29) is 22.9 Å². The molecular formula is C10H20N2OS2. The molecule has 2 unspecified atom stereocenters. The van der Waals surface area contributed by atoms with Crippen LogP contribution in [0.4, 0.5) is 0 Å². The molecule has 2 N–H and O–H groups in total. The molecule has 15 heavy (non-hydrogen) atoms. The van der Waals surface area contributed by atoms with Crippen molar-refractivity contribution in [2.75, 3.05) is 19.1 Å². The predicted octanol–water partition coefficient (Wildman–Crippen LogP) is 1.51. The van der Waals surface area contributed by atoms with Gasteiger partial charge in [0.1, 0.15) is 0 Å². The Balaban J connectivity index is 4.46. The van der Waals surface area contributed by atoms with E-state index in [1.807, 2.05) is 13.3 Å². The lowest BCUT2D eigenvalue weighted by molar-refractivity contribution is -0.133. The summed E-state index contributed by atoms with van der Waals surface area (Å²) in [5.74, 6) is 0.604. The van der Waals surface area contributed by atoms with E-state index in [2.05, 4.69) is 6.92 Å². The topological polar surface area (TPSA) is 46.3 Å². The molecule has 0 aromatic rings. The van der Waals surface area contributed by atoms with Crippen LogP contribution in [-0.2, 0) is 4.79 Å². The molecule has 0 saturated heterocycles. The fourth-order valence-corrected chi connectivity index (χ4v) is 2.25. The summed E-state index contributed by atoms with van der Waals surface area (Å²) in [6, 6.07) is 0.268. The monoisotopic (exact) mass is 248 g/mol. The number of hydrogen-bond donors (Lipinski definition) is 1. The second-order valence-corrected chi connectivity index (χ2v) is 4.97. The molecule has 5 heteroatoms. The normalized spacial score (nSPS) is 14.4. The fourth-order valence-electron chi connectivity index (χ4n) is 1.30. The molecule has 0 spiro atoms. The Morgan fingerprint density at radius 1 is 1.60 bits per heavy atom. The van der Waals surface area contributed by atoms with Gasteiger partial charge in [0.05, 0.1) is 10.9 Å². The summed E-state index contributed by atoms with van der Waals surface area (Å²) in [7, 11) is 1.82. The van der Waals surface area contributed by atoms with Crippen molar-refractivity contribution in [3.8, 4) is 0 Å². The summed E-state index contributed by atoms with van der Waals surface area (Å²) in [6.45, 7) is 3.84. The van der Waals surface area contributed by atoms with E-state index < -0.39 is 0 Å². The van der Waals surface area contributed by atoms with Crippen molar-refractivity contribution in [3.63, 3.8) is 0 Å². The van der Waals surface area contributed by atoms with Gasteiger partial charge in [0.25, 0.3) is 0 Å². The minimum absolute atomic E-state index is 0.0170. The lowest BCUT2D eigenvalue weighted by atomic mass is 10.1. The molecule has 0 fully saturated rings. The summed E-state index contributed by atoms with van der Waals surface area (Å²) in [6.07, 6.45) is 2.99. The first-order valence-electron chi connectivity index (χ1n) is 5.00. The fraction of sp³-hybridized carbons (Fsp3) is 0.800. The summed E-state index contributed by atoms with van der Waals surface area (Å²) >= 11 is 6.57. The van der Waals surface area contributed by atoms with Crippen LogP contribution in [0.5, 0.6) is 0 Å². The predicted molar refractivity (Wildman–Crippen MR) is 71.2 cm³/mol. The van der Waals surface area contributed by atoms with Gasteiger partial charge in [-0.05, 0) is 19.6 Å². The molecular weight excluding hydrogens is 228 g/mol. The van der Waals surface area contributed by atoms with Gasteiger partial charge in [-0.25, -0.2) is 0 Å². The highest BCUT2D eigenvalue weighted by Crippen LogP contribution is 2.12. The van der Waals surface area contributed by atoms with Gasteiger partial charge in [-0.2, -0.15) is 11.8 Å². The van der Waals surface area contributed by atoms with E-state index in [0.717, 1.165) is 12.2 Å². The minimum atomic E-state index is -0.360. The van der Waals surface area contributed by atoms with Gasteiger partial charge in [0.2, 0.25) is 5.91 Å². The van der Waals surface area contributed by atoms with E-state index in [9.17, 15) is 4.79 Å². The molecule has 88 valence electrons. The Hall–Kier alpha value is -0.290. The number of nitrogens with two attached hydrogens (primary N) is 1. The van der Waals surface area contributed by atoms with Crippen molar-refractivity contribution in [2.24, 2.45) is 11.7 Å². The zero-order valence-corrected chi connectivity index (χ0v) is 11.5. The van der Waals surface area contributed by atoms with Crippen LogP contribution in [0.15, 0.2) is 0 Å².